The first kappa shape index (κ1) is 14.2. The third kappa shape index (κ3) is 4.16. The summed E-state index contributed by atoms with van der Waals surface area (Å²) in [4.78, 5) is 22.5. The van der Waals surface area contributed by atoms with Crippen LogP contribution < -0.4 is 5.32 Å². The number of halogens is 1. The number of hydrogen-bond acceptors (Lipinski definition) is 5. The van der Waals surface area contributed by atoms with Gasteiger partial charge in [0.1, 0.15) is 5.38 Å². The average molecular weight is 284 g/mol. The minimum atomic E-state index is -3.09. The Balaban J connectivity index is 2.39. The Hall–Kier alpha value is -0.820. The number of alkyl halides is 1. The van der Waals surface area contributed by atoms with Crippen LogP contribution in [-0.2, 0) is 24.2 Å². The Morgan fingerprint density at radius 3 is 2.65 bits per heavy atom. The van der Waals surface area contributed by atoms with Gasteiger partial charge in [0.15, 0.2) is 9.84 Å². The number of hydrogen-bond donors (Lipinski definition) is 1. The van der Waals surface area contributed by atoms with E-state index in [9.17, 15) is 18.0 Å². The maximum Gasteiger partial charge on any atom is 0.325 e. The van der Waals surface area contributed by atoms with E-state index in [1.54, 1.807) is 0 Å². The molecule has 0 bridgehead atoms. The lowest BCUT2D eigenvalue weighted by Crippen LogP contribution is -2.38. The monoisotopic (exact) mass is 283 g/mol. The number of carbonyl (C=O) groups is 2. The maximum absolute atomic E-state index is 11.6. The third-order valence-corrected chi connectivity index (χ3v) is 4.62. The molecule has 1 N–H and O–H groups in total. The second-order valence-corrected chi connectivity index (χ2v) is 6.59. The summed E-state index contributed by atoms with van der Waals surface area (Å²) in [5, 5.41) is 1.48. The number of amides is 1. The first-order chi connectivity index (χ1) is 7.85. The second-order valence-electron chi connectivity index (χ2n) is 3.84. The van der Waals surface area contributed by atoms with E-state index >= 15 is 0 Å². The summed E-state index contributed by atoms with van der Waals surface area (Å²) >= 11 is 5.63. The van der Waals surface area contributed by atoms with Gasteiger partial charge in [-0.25, -0.2) is 8.42 Å². The van der Waals surface area contributed by atoms with Crippen molar-refractivity contribution in [1.29, 1.82) is 0 Å². The van der Waals surface area contributed by atoms with E-state index in [-0.39, 0.29) is 24.0 Å². The van der Waals surface area contributed by atoms with Crippen LogP contribution in [0.1, 0.15) is 6.42 Å². The van der Waals surface area contributed by atoms with Crippen molar-refractivity contribution in [3.05, 3.63) is 0 Å². The van der Waals surface area contributed by atoms with Crippen LogP contribution in [0.4, 0.5) is 0 Å². The highest BCUT2D eigenvalue weighted by atomic mass is 35.5. The molecule has 98 valence electrons. The highest BCUT2D eigenvalue weighted by Gasteiger charge is 2.33. The summed E-state index contributed by atoms with van der Waals surface area (Å²) in [6.07, 6.45) is 0.319. The zero-order valence-corrected chi connectivity index (χ0v) is 10.9. The Kier molecular flexibility index (Phi) is 4.76. The van der Waals surface area contributed by atoms with Gasteiger partial charge in [-0.1, -0.05) is 0 Å². The molecule has 0 aromatic rings. The molecule has 1 saturated heterocycles. The molecule has 0 aromatic heterocycles. The lowest BCUT2D eigenvalue weighted by molar-refractivity contribution is -0.140. The lowest BCUT2D eigenvalue weighted by Gasteiger charge is -2.11. The molecule has 1 heterocycles. The molecule has 2 unspecified atom stereocenters. The standard InChI is InChI=1S/C9H14ClNO5S/c1-16-9(13)7(10)4-11-8(12)6-2-3-17(14,15)5-6/h6-7H,2-5H2,1H3,(H,11,12). The Bertz CT molecular complexity index is 408. The van der Waals surface area contributed by atoms with Crippen molar-refractivity contribution in [3.8, 4) is 0 Å². The van der Waals surface area contributed by atoms with Crippen LogP contribution in [0, 0.1) is 5.92 Å². The molecule has 1 fully saturated rings. The van der Waals surface area contributed by atoms with Crippen molar-refractivity contribution < 1.29 is 22.7 Å². The second kappa shape index (κ2) is 5.68. The van der Waals surface area contributed by atoms with Crippen molar-refractivity contribution in [2.45, 2.75) is 11.8 Å². The van der Waals surface area contributed by atoms with Gasteiger partial charge in [-0.15, -0.1) is 11.6 Å². The minimum absolute atomic E-state index is 0.0341. The van der Waals surface area contributed by atoms with Crippen LogP contribution >= 0.6 is 11.6 Å². The maximum atomic E-state index is 11.6. The van der Waals surface area contributed by atoms with Crippen LogP contribution in [0.5, 0.6) is 0 Å². The van der Waals surface area contributed by atoms with Crippen molar-refractivity contribution >= 4 is 33.3 Å². The van der Waals surface area contributed by atoms with Crippen LogP contribution in [0.2, 0.25) is 0 Å². The first-order valence-electron chi connectivity index (χ1n) is 5.06. The Labute approximate surface area is 105 Å². The van der Waals surface area contributed by atoms with Gasteiger partial charge in [0.05, 0.1) is 24.5 Å². The van der Waals surface area contributed by atoms with Crippen LogP contribution in [0.3, 0.4) is 0 Å². The zero-order chi connectivity index (χ0) is 13.1. The number of methoxy groups -OCH3 is 1. The van der Waals surface area contributed by atoms with Gasteiger partial charge in [-0.2, -0.15) is 0 Å². The molecule has 1 rings (SSSR count). The summed E-state index contributed by atoms with van der Waals surface area (Å²) in [5.74, 6) is -1.66. The fourth-order valence-electron chi connectivity index (χ4n) is 1.55. The van der Waals surface area contributed by atoms with E-state index in [2.05, 4.69) is 10.1 Å². The number of esters is 1. The van der Waals surface area contributed by atoms with E-state index in [4.69, 9.17) is 11.6 Å². The Morgan fingerprint density at radius 2 is 2.18 bits per heavy atom. The molecule has 0 spiro atoms. The molecule has 0 aliphatic carbocycles. The number of sulfone groups is 1. The molecule has 6 nitrogen and oxygen atoms in total. The van der Waals surface area contributed by atoms with Gasteiger partial charge in [-0.3, -0.25) is 9.59 Å². The average Bonchev–Trinajstić information content (AvgIpc) is 2.64. The summed E-state index contributed by atoms with van der Waals surface area (Å²) in [6, 6.07) is 0. The fraction of sp³-hybridized carbons (Fsp3) is 0.778. The van der Waals surface area contributed by atoms with Crippen molar-refractivity contribution in [2.24, 2.45) is 5.92 Å². The largest absolute Gasteiger partial charge is 0.468 e. The fourth-order valence-corrected chi connectivity index (χ4v) is 3.46. The van der Waals surface area contributed by atoms with Crippen molar-refractivity contribution in [2.75, 3.05) is 25.2 Å². The third-order valence-electron chi connectivity index (χ3n) is 2.52. The molecule has 1 aliphatic rings. The molecular formula is C9H14ClNO5S. The van der Waals surface area contributed by atoms with E-state index in [0.29, 0.717) is 6.42 Å². The summed E-state index contributed by atoms with van der Waals surface area (Å²) in [7, 11) is -1.89. The van der Waals surface area contributed by atoms with Crippen LogP contribution in [-0.4, -0.2) is 50.8 Å². The van der Waals surface area contributed by atoms with Crippen LogP contribution in [0.25, 0.3) is 0 Å². The molecule has 17 heavy (non-hydrogen) atoms. The molecule has 0 radical (unpaired) electrons. The van der Waals surface area contributed by atoms with E-state index in [1.165, 1.54) is 7.11 Å². The summed E-state index contributed by atoms with van der Waals surface area (Å²) in [5.41, 5.74) is 0. The van der Waals surface area contributed by atoms with Gasteiger partial charge in [0.25, 0.3) is 0 Å². The normalized spacial score (nSPS) is 24.0. The van der Waals surface area contributed by atoms with Gasteiger partial charge in [0.2, 0.25) is 5.91 Å². The van der Waals surface area contributed by atoms with Crippen molar-refractivity contribution in [3.63, 3.8) is 0 Å². The highest BCUT2D eigenvalue weighted by Crippen LogP contribution is 2.18. The molecule has 1 amide bonds. The van der Waals surface area contributed by atoms with Gasteiger partial charge >= 0.3 is 5.97 Å². The van der Waals surface area contributed by atoms with Gasteiger partial charge in [0, 0.05) is 6.54 Å². The topological polar surface area (TPSA) is 89.5 Å². The predicted molar refractivity (Wildman–Crippen MR) is 61.4 cm³/mol. The SMILES string of the molecule is COC(=O)C(Cl)CNC(=O)C1CCS(=O)(=O)C1. The first-order valence-corrected chi connectivity index (χ1v) is 7.31. The molecule has 2 atom stereocenters. The number of ether oxygens (including phenoxy) is 1. The summed E-state index contributed by atoms with van der Waals surface area (Å²) in [6.45, 7) is -0.0659. The molecule has 0 aromatic carbocycles. The smallest absolute Gasteiger partial charge is 0.325 e. The van der Waals surface area contributed by atoms with Crippen molar-refractivity contribution in [1.82, 2.24) is 5.32 Å². The van der Waals surface area contributed by atoms with E-state index < -0.39 is 27.1 Å². The van der Waals surface area contributed by atoms with Crippen LogP contribution in [0.15, 0.2) is 0 Å². The van der Waals surface area contributed by atoms with Gasteiger partial charge < -0.3 is 10.1 Å². The quantitative estimate of drug-likeness (QED) is 0.545. The van der Waals surface area contributed by atoms with E-state index in [0.717, 1.165) is 0 Å². The molecule has 1 aliphatic heterocycles. The number of nitrogens with one attached hydrogen (secondary N) is 1. The number of carbonyl (C=O) groups excluding carboxylic acids is 2. The molecule has 8 heteroatoms. The van der Waals surface area contributed by atoms with Gasteiger partial charge in [-0.05, 0) is 6.42 Å². The summed E-state index contributed by atoms with van der Waals surface area (Å²) < 4.78 is 26.7. The lowest BCUT2D eigenvalue weighted by atomic mass is 10.1. The Morgan fingerprint density at radius 1 is 1.53 bits per heavy atom. The zero-order valence-electron chi connectivity index (χ0n) is 9.31. The number of rotatable bonds is 4. The minimum Gasteiger partial charge on any atom is -0.468 e. The molecule has 0 saturated carbocycles. The molecular weight excluding hydrogens is 270 g/mol. The highest BCUT2D eigenvalue weighted by molar-refractivity contribution is 7.91. The van der Waals surface area contributed by atoms with E-state index in [1.807, 2.05) is 0 Å². The predicted octanol–water partition coefficient (Wildman–Crippen LogP) is -0.682.